The Hall–Kier alpha value is -1.91. The smallest absolute Gasteiger partial charge is 0.309 e. The molecule has 0 fully saturated rings. The molecule has 1 N–H and O–H groups in total. The average molecular weight is 205 g/mol. The number of aromatic nitrogens is 3. The van der Waals surface area contributed by atoms with E-state index in [1.54, 1.807) is 17.7 Å². The molecule has 0 aliphatic rings. The second-order valence-electron chi connectivity index (χ2n) is 3.47. The monoisotopic (exact) mass is 205 g/mol. The molecule has 0 saturated heterocycles. The fourth-order valence-corrected chi connectivity index (χ4v) is 1.56. The number of fused-ring (bicyclic) bond motifs is 1. The van der Waals surface area contributed by atoms with Gasteiger partial charge in [0, 0.05) is 11.8 Å². The first-order valence-electron chi connectivity index (χ1n) is 4.60. The van der Waals surface area contributed by atoms with E-state index < -0.39 is 5.97 Å². The predicted octanol–water partition coefficient (Wildman–Crippen LogP) is 0.973. The van der Waals surface area contributed by atoms with Crippen molar-refractivity contribution in [1.29, 1.82) is 0 Å². The molecule has 0 amide bonds. The Morgan fingerprint density at radius 3 is 2.93 bits per heavy atom. The highest BCUT2D eigenvalue weighted by molar-refractivity contribution is 5.70. The van der Waals surface area contributed by atoms with Gasteiger partial charge in [0.1, 0.15) is 12.0 Å². The Labute approximate surface area is 86.4 Å². The molecule has 0 saturated carbocycles. The Kier molecular flexibility index (Phi) is 2.15. The Balaban J connectivity index is 2.63. The van der Waals surface area contributed by atoms with Gasteiger partial charge in [-0.2, -0.15) is 0 Å². The Morgan fingerprint density at radius 2 is 2.27 bits per heavy atom. The number of carboxylic acids is 1. The number of carboxylic acid groups (broad SMARTS) is 1. The highest BCUT2D eigenvalue weighted by Gasteiger charge is 2.11. The lowest BCUT2D eigenvalue weighted by atomic mass is 10.2. The number of hydrogen-bond donors (Lipinski definition) is 1. The van der Waals surface area contributed by atoms with E-state index in [1.807, 2.05) is 13.0 Å². The van der Waals surface area contributed by atoms with Gasteiger partial charge < -0.3 is 5.11 Å². The molecule has 15 heavy (non-hydrogen) atoms. The van der Waals surface area contributed by atoms with Gasteiger partial charge in [-0.1, -0.05) is 0 Å². The van der Waals surface area contributed by atoms with Crippen LogP contribution >= 0.6 is 0 Å². The summed E-state index contributed by atoms with van der Waals surface area (Å²) in [5, 5.41) is 8.76. The molecule has 2 rings (SSSR count). The van der Waals surface area contributed by atoms with Crippen molar-refractivity contribution in [2.24, 2.45) is 0 Å². The van der Waals surface area contributed by atoms with Crippen molar-refractivity contribution in [3.05, 3.63) is 29.5 Å². The summed E-state index contributed by atoms with van der Waals surface area (Å²) in [6.45, 7) is 3.68. The normalized spacial score (nSPS) is 10.8. The van der Waals surface area contributed by atoms with Crippen LogP contribution < -0.4 is 0 Å². The second-order valence-corrected chi connectivity index (χ2v) is 3.47. The molecular weight excluding hydrogens is 194 g/mol. The molecule has 0 aromatic carbocycles. The van der Waals surface area contributed by atoms with Crippen LogP contribution in [0.5, 0.6) is 0 Å². The second kappa shape index (κ2) is 3.34. The lowest BCUT2D eigenvalue weighted by molar-refractivity contribution is -0.136. The number of imidazole rings is 1. The number of hydrogen-bond acceptors (Lipinski definition) is 3. The average Bonchev–Trinajstić information content (AvgIpc) is 2.41. The largest absolute Gasteiger partial charge is 0.481 e. The van der Waals surface area contributed by atoms with Crippen LogP contribution in [0.3, 0.4) is 0 Å². The maximum atomic E-state index is 10.7. The van der Waals surface area contributed by atoms with E-state index >= 15 is 0 Å². The number of aliphatic carboxylic acids is 1. The molecule has 0 bridgehead atoms. The summed E-state index contributed by atoms with van der Waals surface area (Å²) in [4.78, 5) is 19.1. The van der Waals surface area contributed by atoms with Crippen molar-refractivity contribution >= 4 is 11.6 Å². The number of carbonyl (C=O) groups is 1. The van der Waals surface area contributed by atoms with Gasteiger partial charge in [0.2, 0.25) is 0 Å². The molecule has 0 unspecified atom stereocenters. The van der Waals surface area contributed by atoms with Gasteiger partial charge in [-0.05, 0) is 13.8 Å². The van der Waals surface area contributed by atoms with Gasteiger partial charge in [-0.25, -0.2) is 9.97 Å². The standard InChI is InChI=1S/C10H11N3O2/c1-6-3-9-12-7(2)8(4-10(14)15)13(9)5-11-6/h3,5H,4H2,1-2H3,(H,14,15). The highest BCUT2D eigenvalue weighted by Crippen LogP contribution is 2.12. The van der Waals surface area contributed by atoms with E-state index in [1.165, 1.54) is 0 Å². The summed E-state index contributed by atoms with van der Waals surface area (Å²) >= 11 is 0. The zero-order valence-corrected chi connectivity index (χ0v) is 8.56. The zero-order valence-electron chi connectivity index (χ0n) is 8.56. The maximum Gasteiger partial charge on any atom is 0.309 e. The quantitative estimate of drug-likeness (QED) is 0.793. The Morgan fingerprint density at radius 1 is 1.53 bits per heavy atom. The van der Waals surface area contributed by atoms with Crippen LogP contribution in [-0.4, -0.2) is 25.4 Å². The summed E-state index contributed by atoms with van der Waals surface area (Å²) in [6.07, 6.45) is 1.58. The molecule has 0 atom stereocenters. The van der Waals surface area contributed by atoms with Crippen LogP contribution in [0.15, 0.2) is 12.4 Å². The van der Waals surface area contributed by atoms with Crippen LogP contribution in [0.25, 0.3) is 5.65 Å². The minimum Gasteiger partial charge on any atom is -0.481 e. The summed E-state index contributed by atoms with van der Waals surface area (Å²) in [7, 11) is 0. The van der Waals surface area contributed by atoms with Gasteiger partial charge in [-0.15, -0.1) is 0 Å². The first-order chi connectivity index (χ1) is 7.08. The van der Waals surface area contributed by atoms with E-state index in [9.17, 15) is 4.79 Å². The van der Waals surface area contributed by atoms with Crippen molar-refractivity contribution in [3.8, 4) is 0 Å². The van der Waals surface area contributed by atoms with Gasteiger partial charge in [0.25, 0.3) is 0 Å². The number of aryl methyl sites for hydroxylation is 2. The molecule has 5 heteroatoms. The van der Waals surface area contributed by atoms with Crippen LogP contribution in [0, 0.1) is 13.8 Å². The SMILES string of the molecule is Cc1cc2nc(C)c(CC(=O)O)n2cn1. The highest BCUT2D eigenvalue weighted by atomic mass is 16.4. The summed E-state index contributed by atoms with van der Waals surface area (Å²) < 4.78 is 1.72. The van der Waals surface area contributed by atoms with E-state index in [2.05, 4.69) is 9.97 Å². The third kappa shape index (κ3) is 1.68. The van der Waals surface area contributed by atoms with Crippen molar-refractivity contribution in [3.63, 3.8) is 0 Å². The van der Waals surface area contributed by atoms with Crippen LogP contribution in [-0.2, 0) is 11.2 Å². The molecule has 0 spiro atoms. The van der Waals surface area contributed by atoms with Crippen molar-refractivity contribution in [1.82, 2.24) is 14.4 Å². The molecule has 2 aromatic heterocycles. The molecule has 0 aliphatic heterocycles. The molecule has 2 heterocycles. The Bertz CT molecular complexity index is 531. The van der Waals surface area contributed by atoms with Crippen LogP contribution in [0.1, 0.15) is 17.1 Å². The maximum absolute atomic E-state index is 10.7. The van der Waals surface area contributed by atoms with Gasteiger partial charge in [0.05, 0.1) is 17.8 Å². The van der Waals surface area contributed by atoms with Gasteiger partial charge >= 0.3 is 5.97 Å². The first kappa shape index (κ1) is 9.64. The minimum atomic E-state index is -0.861. The van der Waals surface area contributed by atoms with E-state index in [-0.39, 0.29) is 6.42 Å². The summed E-state index contributed by atoms with van der Waals surface area (Å²) in [5.74, 6) is -0.861. The van der Waals surface area contributed by atoms with Crippen molar-refractivity contribution < 1.29 is 9.90 Å². The van der Waals surface area contributed by atoms with Crippen molar-refractivity contribution in [2.75, 3.05) is 0 Å². The fourth-order valence-electron chi connectivity index (χ4n) is 1.56. The zero-order chi connectivity index (χ0) is 11.0. The molecule has 78 valence electrons. The van der Waals surface area contributed by atoms with E-state index in [0.29, 0.717) is 5.69 Å². The topological polar surface area (TPSA) is 67.5 Å². The molecule has 0 aliphatic carbocycles. The van der Waals surface area contributed by atoms with Crippen LogP contribution in [0.2, 0.25) is 0 Å². The molecule has 5 nitrogen and oxygen atoms in total. The lowest BCUT2D eigenvalue weighted by Crippen LogP contribution is -2.05. The minimum absolute atomic E-state index is 0.0300. The predicted molar refractivity (Wildman–Crippen MR) is 53.8 cm³/mol. The molecule has 0 radical (unpaired) electrons. The van der Waals surface area contributed by atoms with Crippen LogP contribution in [0.4, 0.5) is 0 Å². The van der Waals surface area contributed by atoms with Gasteiger partial charge in [-0.3, -0.25) is 9.20 Å². The summed E-state index contributed by atoms with van der Waals surface area (Å²) in [6, 6.07) is 1.83. The van der Waals surface area contributed by atoms with E-state index in [4.69, 9.17) is 5.11 Å². The third-order valence-electron chi connectivity index (χ3n) is 2.27. The third-order valence-corrected chi connectivity index (χ3v) is 2.27. The lowest BCUT2D eigenvalue weighted by Gasteiger charge is -1.99. The van der Waals surface area contributed by atoms with Gasteiger partial charge in [0.15, 0.2) is 0 Å². The molecular formula is C10H11N3O2. The summed E-state index contributed by atoms with van der Waals surface area (Å²) in [5.41, 5.74) is 3.04. The van der Waals surface area contributed by atoms with Crippen molar-refractivity contribution in [2.45, 2.75) is 20.3 Å². The van der Waals surface area contributed by atoms with E-state index in [0.717, 1.165) is 17.0 Å². The first-order valence-corrected chi connectivity index (χ1v) is 4.60. The number of nitrogens with zero attached hydrogens (tertiary/aromatic N) is 3. The number of rotatable bonds is 2. The molecule has 2 aromatic rings. The fraction of sp³-hybridized carbons (Fsp3) is 0.300.